The molecule has 0 unspecified atom stereocenters. The van der Waals surface area contributed by atoms with Gasteiger partial charge in [-0.1, -0.05) is 0 Å². The molecule has 0 aliphatic heterocycles. The topological polar surface area (TPSA) is 89.2 Å². The number of hydrogen-bond donors (Lipinski definition) is 2. The molecule has 0 aromatic carbocycles. The van der Waals surface area contributed by atoms with Gasteiger partial charge in [0.1, 0.15) is 0 Å². The highest BCUT2D eigenvalue weighted by Crippen LogP contribution is 2.37. The van der Waals surface area contributed by atoms with Crippen molar-refractivity contribution in [2.24, 2.45) is 14.1 Å². The van der Waals surface area contributed by atoms with Crippen LogP contribution in [0.1, 0.15) is 12.8 Å². The van der Waals surface area contributed by atoms with Crippen LogP contribution in [-0.2, 0) is 14.1 Å². The van der Waals surface area contributed by atoms with Crippen LogP contribution in [0.25, 0.3) is 0 Å². The first kappa shape index (κ1) is 10.9. The van der Waals surface area contributed by atoms with Crippen molar-refractivity contribution in [3.8, 4) is 0 Å². The van der Waals surface area contributed by atoms with Crippen LogP contribution in [0.4, 0.5) is 5.82 Å². The quantitative estimate of drug-likeness (QED) is 0.649. The Morgan fingerprint density at radius 1 is 1.44 bits per heavy atom. The maximum atomic E-state index is 11.7. The van der Waals surface area contributed by atoms with Gasteiger partial charge in [0.05, 0.1) is 12.1 Å². The Hall–Kier alpha value is -1.63. The Labute approximate surface area is 91.3 Å². The molecule has 1 saturated carbocycles. The number of nitrogens with zero attached hydrogens (tertiary/aromatic N) is 3. The molecule has 0 amide bonds. The number of aromatic nitrogens is 3. The van der Waals surface area contributed by atoms with Gasteiger partial charge in [-0.15, -0.1) is 5.10 Å². The van der Waals surface area contributed by atoms with E-state index >= 15 is 0 Å². The van der Waals surface area contributed by atoms with Crippen molar-refractivity contribution in [3.05, 3.63) is 20.8 Å². The van der Waals surface area contributed by atoms with Gasteiger partial charge in [0.25, 0.3) is 5.56 Å². The Morgan fingerprint density at radius 2 is 2.06 bits per heavy atom. The summed E-state index contributed by atoms with van der Waals surface area (Å²) >= 11 is 0. The number of aliphatic hydroxyl groups excluding tert-OH is 1. The summed E-state index contributed by atoms with van der Waals surface area (Å²) in [6.45, 7) is -0.0410. The molecule has 2 N–H and O–H groups in total. The standard InChI is InChI=1S/C9H14N4O3/c1-12-7(15)6(11-13(2)8(12)16)10-9(5-14)3-4-9/h14H,3-5H2,1-2H3,(H,10,11). The van der Waals surface area contributed by atoms with Crippen molar-refractivity contribution in [1.82, 2.24) is 14.3 Å². The third-order valence-electron chi connectivity index (χ3n) is 2.86. The monoisotopic (exact) mass is 226 g/mol. The molecule has 1 aromatic rings. The van der Waals surface area contributed by atoms with E-state index in [1.807, 2.05) is 0 Å². The first-order chi connectivity index (χ1) is 7.49. The van der Waals surface area contributed by atoms with Crippen LogP contribution in [0.15, 0.2) is 9.59 Å². The highest BCUT2D eigenvalue weighted by atomic mass is 16.3. The van der Waals surface area contributed by atoms with Crippen LogP contribution in [-0.4, -0.2) is 31.6 Å². The number of rotatable bonds is 3. The average molecular weight is 226 g/mol. The van der Waals surface area contributed by atoms with Crippen LogP contribution < -0.4 is 16.6 Å². The minimum Gasteiger partial charge on any atom is -0.394 e. The van der Waals surface area contributed by atoms with Gasteiger partial charge in [-0.05, 0) is 12.8 Å². The second-order valence-corrected chi connectivity index (χ2v) is 4.18. The number of aryl methyl sites for hydroxylation is 1. The van der Waals surface area contributed by atoms with Crippen LogP contribution in [0.5, 0.6) is 0 Å². The molecule has 1 aliphatic carbocycles. The summed E-state index contributed by atoms with van der Waals surface area (Å²) in [7, 11) is 2.88. The van der Waals surface area contributed by atoms with Gasteiger partial charge in [0.2, 0.25) is 5.82 Å². The fourth-order valence-corrected chi connectivity index (χ4v) is 1.50. The summed E-state index contributed by atoms with van der Waals surface area (Å²) in [6, 6.07) is 0. The number of nitrogens with one attached hydrogen (secondary N) is 1. The fraction of sp³-hybridized carbons (Fsp3) is 0.667. The van der Waals surface area contributed by atoms with Crippen molar-refractivity contribution in [3.63, 3.8) is 0 Å². The minimum absolute atomic E-state index is 0.0410. The Bertz CT molecular complexity index is 527. The first-order valence-electron chi connectivity index (χ1n) is 5.02. The van der Waals surface area contributed by atoms with Gasteiger partial charge in [-0.25, -0.2) is 9.48 Å². The molecule has 0 spiro atoms. The lowest BCUT2D eigenvalue weighted by Crippen LogP contribution is -2.42. The second kappa shape index (κ2) is 3.44. The predicted octanol–water partition coefficient (Wildman–Crippen LogP) is -1.58. The zero-order valence-electron chi connectivity index (χ0n) is 9.23. The van der Waals surface area contributed by atoms with Crippen LogP contribution in [0.3, 0.4) is 0 Å². The van der Waals surface area contributed by atoms with Gasteiger partial charge < -0.3 is 10.4 Å². The Balaban J connectivity index is 2.43. The lowest BCUT2D eigenvalue weighted by molar-refractivity contribution is 0.265. The van der Waals surface area contributed by atoms with Crippen molar-refractivity contribution < 1.29 is 5.11 Å². The molecule has 1 aromatic heterocycles. The van der Waals surface area contributed by atoms with E-state index < -0.39 is 16.8 Å². The summed E-state index contributed by atoms with van der Waals surface area (Å²) in [5.74, 6) is 0.108. The molecule has 2 rings (SSSR count). The van der Waals surface area contributed by atoms with Gasteiger partial charge in [0, 0.05) is 14.1 Å². The molecular weight excluding hydrogens is 212 g/mol. The molecule has 1 aliphatic rings. The third-order valence-corrected chi connectivity index (χ3v) is 2.86. The van der Waals surface area contributed by atoms with Crippen LogP contribution in [0.2, 0.25) is 0 Å². The van der Waals surface area contributed by atoms with Gasteiger partial charge in [-0.2, -0.15) is 0 Å². The molecule has 0 saturated heterocycles. The summed E-state index contributed by atoms with van der Waals surface area (Å²) < 4.78 is 2.08. The maximum absolute atomic E-state index is 11.7. The second-order valence-electron chi connectivity index (χ2n) is 4.18. The lowest BCUT2D eigenvalue weighted by Gasteiger charge is -2.15. The first-order valence-corrected chi connectivity index (χ1v) is 5.02. The van der Waals surface area contributed by atoms with Crippen molar-refractivity contribution >= 4 is 5.82 Å². The zero-order chi connectivity index (χ0) is 11.9. The van der Waals surface area contributed by atoms with Crippen LogP contribution in [0, 0.1) is 0 Å². The molecule has 0 radical (unpaired) electrons. The van der Waals surface area contributed by atoms with Crippen molar-refractivity contribution in [2.45, 2.75) is 18.4 Å². The van der Waals surface area contributed by atoms with Gasteiger partial charge in [0.15, 0.2) is 0 Å². The summed E-state index contributed by atoms with van der Waals surface area (Å²) in [4.78, 5) is 23.1. The summed E-state index contributed by atoms with van der Waals surface area (Å²) in [5, 5.41) is 15.9. The molecular formula is C9H14N4O3. The zero-order valence-corrected chi connectivity index (χ0v) is 9.23. The molecule has 7 heteroatoms. The number of aliphatic hydroxyl groups is 1. The Morgan fingerprint density at radius 3 is 2.56 bits per heavy atom. The van der Waals surface area contributed by atoms with E-state index in [9.17, 15) is 9.59 Å². The summed E-state index contributed by atoms with van der Waals surface area (Å²) in [5.41, 5.74) is -1.36. The number of hydrogen-bond acceptors (Lipinski definition) is 5. The molecule has 88 valence electrons. The normalized spacial score (nSPS) is 17.2. The van der Waals surface area contributed by atoms with E-state index in [1.165, 1.54) is 14.1 Å². The fourth-order valence-electron chi connectivity index (χ4n) is 1.50. The third kappa shape index (κ3) is 1.63. The minimum atomic E-state index is -0.470. The van der Waals surface area contributed by atoms with Crippen LogP contribution >= 0.6 is 0 Å². The maximum Gasteiger partial charge on any atom is 0.346 e. The lowest BCUT2D eigenvalue weighted by atomic mass is 10.3. The van der Waals surface area contributed by atoms with Crippen molar-refractivity contribution in [2.75, 3.05) is 11.9 Å². The van der Waals surface area contributed by atoms with E-state index in [-0.39, 0.29) is 12.4 Å². The van der Waals surface area contributed by atoms with E-state index in [0.717, 1.165) is 22.1 Å². The molecule has 0 bridgehead atoms. The summed E-state index contributed by atoms with van der Waals surface area (Å²) in [6.07, 6.45) is 1.61. The van der Waals surface area contributed by atoms with Gasteiger partial charge in [-0.3, -0.25) is 9.36 Å². The molecule has 7 nitrogen and oxygen atoms in total. The largest absolute Gasteiger partial charge is 0.394 e. The van der Waals surface area contributed by atoms with E-state index in [4.69, 9.17) is 5.11 Å². The number of anilines is 1. The predicted molar refractivity (Wildman–Crippen MR) is 57.4 cm³/mol. The van der Waals surface area contributed by atoms with E-state index in [2.05, 4.69) is 10.4 Å². The highest BCUT2D eigenvalue weighted by Gasteiger charge is 2.43. The molecule has 16 heavy (non-hydrogen) atoms. The molecule has 1 heterocycles. The molecule has 1 fully saturated rings. The highest BCUT2D eigenvalue weighted by molar-refractivity contribution is 5.37. The van der Waals surface area contributed by atoms with E-state index in [0.29, 0.717) is 0 Å². The Kier molecular flexibility index (Phi) is 2.34. The van der Waals surface area contributed by atoms with E-state index in [1.54, 1.807) is 0 Å². The average Bonchev–Trinajstić information content (AvgIpc) is 3.04. The van der Waals surface area contributed by atoms with Gasteiger partial charge >= 0.3 is 5.69 Å². The smallest absolute Gasteiger partial charge is 0.346 e. The molecule has 0 atom stereocenters. The van der Waals surface area contributed by atoms with Crippen molar-refractivity contribution in [1.29, 1.82) is 0 Å². The SMILES string of the molecule is Cn1nc(NC2(CO)CC2)c(=O)n(C)c1=O.